The fourth-order valence-electron chi connectivity index (χ4n) is 9.74. The van der Waals surface area contributed by atoms with Crippen molar-refractivity contribution in [2.45, 2.75) is 348 Å². The van der Waals surface area contributed by atoms with Gasteiger partial charge in [0.15, 0.2) is 6.10 Å². The Kier molecular flexibility index (Phi) is 64.2. The molecule has 6 heteroatoms. The topological polar surface area (TPSA) is 78.9 Å². The molecular formula is C73H128O6. The molecule has 0 N–H and O–H groups in total. The smallest absolute Gasteiger partial charge is 0.306 e. The van der Waals surface area contributed by atoms with Gasteiger partial charge in [0.1, 0.15) is 13.2 Å². The van der Waals surface area contributed by atoms with Gasteiger partial charge >= 0.3 is 17.9 Å². The Morgan fingerprint density at radius 2 is 0.506 bits per heavy atom. The third-order valence-corrected chi connectivity index (χ3v) is 14.9. The summed E-state index contributed by atoms with van der Waals surface area (Å²) in [5.41, 5.74) is 0. The Morgan fingerprint density at radius 3 is 0.823 bits per heavy atom. The van der Waals surface area contributed by atoms with Crippen LogP contribution >= 0.6 is 0 Å². The third kappa shape index (κ3) is 65.3. The number of unbranched alkanes of at least 4 members (excludes halogenated alkanes) is 37. The van der Waals surface area contributed by atoms with Crippen LogP contribution in [0.4, 0.5) is 0 Å². The molecule has 0 fully saturated rings. The summed E-state index contributed by atoms with van der Waals surface area (Å²) in [6.07, 6.45) is 88.9. The van der Waals surface area contributed by atoms with Gasteiger partial charge in [-0.25, -0.2) is 0 Å². The van der Waals surface area contributed by atoms with Gasteiger partial charge in [-0.1, -0.05) is 298 Å². The van der Waals surface area contributed by atoms with E-state index in [0.29, 0.717) is 19.3 Å². The van der Waals surface area contributed by atoms with Gasteiger partial charge in [-0.3, -0.25) is 14.4 Å². The minimum Gasteiger partial charge on any atom is -0.462 e. The number of esters is 3. The number of hydrogen-bond acceptors (Lipinski definition) is 6. The second-order valence-electron chi connectivity index (χ2n) is 22.7. The molecular weight excluding hydrogens is 973 g/mol. The van der Waals surface area contributed by atoms with Crippen molar-refractivity contribution in [1.29, 1.82) is 0 Å². The van der Waals surface area contributed by atoms with Gasteiger partial charge in [-0.05, 0) is 109 Å². The van der Waals surface area contributed by atoms with E-state index in [1.165, 1.54) is 199 Å². The van der Waals surface area contributed by atoms with E-state index in [1.54, 1.807) is 0 Å². The van der Waals surface area contributed by atoms with Crippen molar-refractivity contribution in [3.63, 3.8) is 0 Å². The number of ether oxygens (including phenoxy) is 3. The molecule has 0 aliphatic heterocycles. The first-order valence-corrected chi connectivity index (χ1v) is 34.1. The second kappa shape index (κ2) is 67.1. The molecule has 6 nitrogen and oxygen atoms in total. The summed E-state index contributed by atoms with van der Waals surface area (Å²) in [4.78, 5) is 38.3. The van der Waals surface area contributed by atoms with Crippen LogP contribution in [0.5, 0.6) is 0 Å². The van der Waals surface area contributed by atoms with Crippen LogP contribution in [0.1, 0.15) is 342 Å². The molecule has 0 amide bonds. The number of carbonyl (C=O) groups excluding carboxylic acids is 3. The molecule has 0 rings (SSSR count). The molecule has 1 unspecified atom stereocenters. The number of hydrogen-bond donors (Lipinski definition) is 0. The van der Waals surface area contributed by atoms with Crippen molar-refractivity contribution in [3.05, 3.63) is 85.1 Å². The van der Waals surface area contributed by atoms with Crippen molar-refractivity contribution in [1.82, 2.24) is 0 Å². The molecule has 0 spiro atoms. The third-order valence-electron chi connectivity index (χ3n) is 14.9. The lowest BCUT2D eigenvalue weighted by atomic mass is 10.0. The maximum Gasteiger partial charge on any atom is 0.306 e. The van der Waals surface area contributed by atoms with Crippen LogP contribution in [0.25, 0.3) is 0 Å². The highest BCUT2D eigenvalue weighted by Crippen LogP contribution is 2.17. The van der Waals surface area contributed by atoms with Crippen molar-refractivity contribution in [2.75, 3.05) is 13.2 Å². The predicted molar refractivity (Wildman–Crippen MR) is 344 cm³/mol. The summed E-state index contributed by atoms with van der Waals surface area (Å²) in [5, 5.41) is 0. The summed E-state index contributed by atoms with van der Waals surface area (Å²) in [5.74, 6) is -0.881. The Labute approximate surface area is 490 Å². The first kappa shape index (κ1) is 75.6. The first-order valence-electron chi connectivity index (χ1n) is 34.1. The van der Waals surface area contributed by atoms with E-state index in [4.69, 9.17) is 14.2 Å². The van der Waals surface area contributed by atoms with E-state index >= 15 is 0 Å². The second-order valence-corrected chi connectivity index (χ2v) is 22.7. The standard InChI is InChI=1S/C73H128O6/c1-4-7-10-13-16-19-22-24-26-28-30-32-34-36-38-40-42-44-46-48-51-54-57-60-63-66-72(75)78-69-70(68-77-71(74)65-62-59-56-53-50-21-18-15-12-9-6-3)79-73(76)67-64-61-58-55-52-49-47-45-43-41-39-37-35-33-31-29-27-25-23-20-17-14-11-8-5-2/h7,10,15-16,18-19,24,26,29-32,36,38,70H,4-6,8-9,11-14,17,20-23,25,27-28,33-35,37,39-69H2,1-3H3/b10-7-,18-15-,19-16-,26-24-,31-29-,32-30-,38-36-. The van der Waals surface area contributed by atoms with Gasteiger partial charge in [0.2, 0.25) is 0 Å². The number of allylic oxidation sites excluding steroid dienone is 14. The molecule has 0 aliphatic rings. The zero-order valence-corrected chi connectivity index (χ0v) is 52.4. The van der Waals surface area contributed by atoms with Gasteiger partial charge in [0.25, 0.3) is 0 Å². The van der Waals surface area contributed by atoms with E-state index in [1.807, 2.05) is 0 Å². The molecule has 0 aromatic carbocycles. The quantitative estimate of drug-likeness (QED) is 0.0261. The summed E-state index contributed by atoms with van der Waals surface area (Å²) in [6.45, 7) is 6.51. The normalized spacial score (nSPS) is 12.6. The Hall–Kier alpha value is -3.41. The van der Waals surface area contributed by atoms with Crippen LogP contribution in [-0.2, 0) is 28.6 Å². The molecule has 0 aromatic rings. The van der Waals surface area contributed by atoms with E-state index in [0.717, 1.165) is 103 Å². The average Bonchev–Trinajstić information content (AvgIpc) is 3.45. The fraction of sp³-hybridized carbons (Fsp3) is 0.767. The lowest BCUT2D eigenvalue weighted by Gasteiger charge is -2.18. The lowest BCUT2D eigenvalue weighted by molar-refractivity contribution is -0.167. The zero-order valence-electron chi connectivity index (χ0n) is 52.4. The van der Waals surface area contributed by atoms with Crippen LogP contribution < -0.4 is 0 Å². The van der Waals surface area contributed by atoms with Gasteiger partial charge in [-0.2, -0.15) is 0 Å². The molecule has 0 bridgehead atoms. The van der Waals surface area contributed by atoms with E-state index in [-0.39, 0.29) is 31.1 Å². The van der Waals surface area contributed by atoms with Crippen LogP contribution in [0.2, 0.25) is 0 Å². The summed E-state index contributed by atoms with van der Waals surface area (Å²) < 4.78 is 16.9. The lowest BCUT2D eigenvalue weighted by Crippen LogP contribution is -2.30. The molecule has 1 atom stereocenters. The fourth-order valence-corrected chi connectivity index (χ4v) is 9.74. The molecule has 79 heavy (non-hydrogen) atoms. The van der Waals surface area contributed by atoms with E-state index in [9.17, 15) is 14.4 Å². The monoisotopic (exact) mass is 1100 g/mol. The van der Waals surface area contributed by atoms with Crippen molar-refractivity contribution >= 4 is 17.9 Å². The summed E-state index contributed by atoms with van der Waals surface area (Å²) in [6, 6.07) is 0. The van der Waals surface area contributed by atoms with Crippen LogP contribution in [0.3, 0.4) is 0 Å². The van der Waals surface area contributed by atoms with Crippen LogP contribution in [-0.4, -0.2) is 37.2 Å². The Morgan fingerprint density at radius 1 is 0.266 bits per heavy atom. The molecule has 0 aliphatic carbocycles. The minimum atomic E-state index is -0.783. The molecule has 456 valence electrons. The number of rotatable bonds is 62. The van der Waals surface area contributed by atoms with Gasteiger partial charge in [-0.15, -0.1) is 0 Å². The SMILES string of the molecule is CC/C=C\C/C=C\C/C=C\C/C=C\C/C=C\CCCCCCCCCCCC(=O)OCC(COC(=O)CCCCCCC/C=C\CCCC)OC(=O)CCCCCCCCCCCCCCC/C=C\CCCCCCCCCC. The Balaban J connectivity index is 4.25. The largest absolute Gasteiger partial charge is 0.462 e. The zero-order chi connectivity index (χ0) is 57.1. The molecule has 0 saturated carbocycles. The van der Waals surface area contributed by atoms with Crippen molar-refractivity contribution in [3.8, 4) is 0 Å². The van der Waals surface area contributed by atoms with Gasteiger partial charge < -0.3 is 14.2 Å². The highest BCUT2D eigenvalue weighted by molar-refractivity contribution is 5.71. The summed E-state index contributed by atoms with van der Waals surface area (Å²) >= 11 is 0. The minimum absolute atomic E-state index is 0.0805. The van der Waals surface area contributed by atoms with Crippen LogP contribution in [0, 0.1) is 0 Å². The summed E-state index contributed by atoms with van der Waals surface area (Å²) in [7, 11) is 0. The average molecular weight is 1100 g/mol. The van der Waals surface area contributed by atoms with E-state index in [2.05, 4.69) is 106 Å². The first-order chi connectivity index (χ1) is 39.0. The van der Waals surface area contributed by atoms with E-state index < -0.39 is 6.10 Å². The predicted octanol–water partition coefficient (Wildman–Crippen LogP) is 23.4. The number of carbonyl (C=O) groups is 3. The highest BCUT2D eigenvalue weighted by Gasteiger charge is 2.19. The molecule has 0 saturated heterocycles. The molecule has 0 heterocycles. The molecule has 0 aromatic heterocycles. The van der Waals surface area contributed by atoms with Crippen LogP contribution in [0.15, 0.2) is 85.1 Å². The Bertz CT molecular complexity index is 1500. The maximum absolute atomic E-state index is 12.9. The van der Waals surface area contributed by atoms with Crippen molar-refractivity contribution in [2.24, 2.45) is 0 Å². The maximum atomic E-state index is 12.9. The van der Waals surface area contributed by atoms with Gasteiger partial charge in [0.05, 0.1) is 0 Å². The highest BCUT2D eigenvalue weighted by atomic mass is 16.6. The molecule has 0 radical (unpaired) electrons. The van der Waals surface area contributed by atoms with Gasteiger partial charge in [0, 0.05) is 19.3 Å². The van der Waals surface area contributed by atoms with Crippen molar-refractivity contribution < 1.29 is 28.6 Å².